The molecule has 6 heteroatoms. The fourth-order valence-corrected chi connectivity index (χ4v) is 3.19. The van der Waals surface area contributed by atoms with Gasteiger partial charge in [0.15, 0.2) is 9.84 Å². The van der Waals surface area contributed by atoms with E-state index in [4.69, 9.17) is 9.15 Å². The molecule has 1 heterocycles. The van der Waals surface area contributed by atoms with Crippen molar-refractivity contribution in [3.63, 3.8) is 0 Å². The maximum Gasteiger partial charge on any atom is 0.336 e. The molecule has 0 saturated heterocycles. The van der Waals surface area contributed by atoms with Crippen LogP contribution in [0.1, 0.15) is 18.1 Å². The van der Waals surface area contributed by atoms with Crippen LogP contribution in [0.15, 0.2) is 62.6 Å². The molecular formula is C19H18O5S. The van der Waals surface area contributed by atoms with Crippen molar-refractivity contribution in [2.45, 2.75) is 24.8 Å². The van der Waals surface area contributed by atoms with Gasteiger partial charge in [-0.25, -0.2) is 13.2 Å². The van der Waals surface area contributed by atoms with Gasteiger partial charge in [0.25, 0.3) is 0 Å². The zero-order chi connectivity index (χ0) is 18.0. The zero-order valence-electron chi connectivity index (χ0n) is 14.0. The van der Waals surface area contributed by atoms with Gasteiger partial charge in [-0.05, 0) is 42.3 Å². The van der Waals surface area contributed by atoms with Crippen LogP contribution in [0.3, 0.4) is 0 Å². The minimum Gasteiger partial charge on any atom is -0.489 e. The Kier molecular flexibility index (Phi) is 4.63. The molecule has 5 nitrogen and oxygen atoms in total. The molecule has 0 fully saturated rings. The van der Waals surface area contributed by atoms with Gasteiger partial charge in [0, 0.05) is 23.3 Å². The molecule has 130 valence electrons. The lowest BCUT2D eigenvalue weighted by Gasteiger charge is -2.09. The predicted molar refractivity (Wildman–Crippen MR) is 95.7 cm³/mol. The average Bonchev–Trinajstić information content (AvgIpc) is 2.58. The van der Waals surface area contributed by atoms with E-state index in [9.17, 15) is 13.2 Å². The van der Waals surface area contributed by atoms with E-state index in [1.165, 1.54) is 18.2 Å². The van der Waals surface area contributed by atoms with Crippen LogP contribution in [0.5, 0.6) is 5.75 Å². The van der Waals surface area contributed by atoms with Crippen LogP contribution in [0.4, 0.5) is 0 Å². The van der Waals surface area contributed by atoms with E-state index < -0.39 is 15.5 Å². The van der Waals surface area contributed by atoms with Crippen molar-refractivity contribution in [2.75, 3.05) is 6.26 Å². The summed E-state index contributed by atoms with van der Waals surface area (Å²) in [6, 6.07) is 13.4. The molecule has 0 unspecified atom stereocenters. The van der Waals surface area contributed by atoms with Crippen molar-refractivity contribution < 1.29 is 17.6 Å². The summed E-state index contributed by atoms with van der Waals surface area (Å²) in [4.78, 5) is 12.0. The number of sulfone groups is 1. The first-order valence-corrected chi connectivity index (χ1v) is 9.74. The molecular weight excluding hydrogens is 340 g/mol. The minimum absolute atomic E-state index is 0.186. The summed E-state index contributed by atoms with van der Waals surface area (Å²) in [5, 5.41) is 0.824. The fourth-order valence-electron chi connectivity index (χ4n) is 2.56. The van der Waals surface area contributed by atoms with E-state index in [1.807, 2.05) is 25.1 Å². The number of fused-ring (bicyclic) bond motifs is 1. The van der Waals surface area contributed by atoms with Gasteiger partial charge in [0.2, 0.25) is 0 Å². The van der Waals surface area contributed by atoms with Gasteiger partial charge in [0.1, 0.15) is 17.9 Å². The largest absolute Gasteiger partial charge is 0.489 e. The topological polar surface area (TPSA) is 73.6 Å². The van der Waals surface area contributed by atoms with E-state index in [2.05, 4.69) is 0 Å². The Labute approximate surface area is 145 Å². The molecule has 0 aliphatic carbocycles. The lowest BCUT2D eigenvalue weighted by molar-refractivity contribution is 0.306. The SMILES string of the molecule is CCc1ccc2c(COc3ccc(S(C)(=O)=O)cc3)cc(=O)oc2c1. The first-order chi connectivity index (χ1) is 11.9. The van der Waals surface area contributed by atoms with Crippen LogP contribution < -0.4 is 10.4 Å². The lowest BCUT2D eigenvalue weighted by atomic mass is 10.1. The fraction of sp³-hybridized carbons (Fsp3) is 0.211. The smallest absolute Gasteiger partial charge is 0.336 e. The maximum atomic E-state index is 11.8. The van der Waals surface area contributed by atoms with Gasteiger partial charge in [-0.15, -0.1) is 0 Å². The Morgan fingerprint density at radius 2 is 1.76 bits per heavy atom. The van der Waals surface area contributed by atoms with E-state index in [0.29, 0.717) is 11.3 Å². The van der Waals surface area contributed by atoms with Crippen molar-refractivity contribution in [3.05, 3.63) is 70.1 Å². The molecule has 0 aliphatic rings. The number of rotatable bonds is 5. The predicted octanol–water partition coefficient (Wildman–Crippen LogP) is 3.34. The third-order valence-electron chi connectivity index (χ3n) is 3.95. The highest BCUT2D eigenvalue weighted by Gasteiger charge is 2.09. The summed E-state index contributed by atoms with van der Waals surface area (Å²) in [6.45, 7) is 2.22. The number of ether oxygens (including phenoxy) is 1. The van der Waals surface area contributed by atoms with Crippen molar-refractivity contribution in [1.29, 1.82) is 0 Å². The molecule has 0 N–H and O–H groups in total. The molecule has 3 rings (SSSR count). The Balaban J connectivity index is 1.87. The van der Waals surface area contributed by atoms with E-state index in [-0.39, 0.29) is 11.5 Å². The summed E-state index contributed by atoms with van der Waals surface area (Å²) in [6.07, 6.45) is 2.01. The second-order valence-electron chi connectivity index (χ2n) is 5.81. The Hall–Kier alpha value is -2.60. The molecule has 0 amide bonds. The Morgan fingerprint density at radius 1 is 1.04 bits per heavy atom. The zero-order valence-corrected chi connectivity index (χ0v) is 14.8. The molecule has 0 spiro atoms. The van der Waals surface area contributed by atoms with E-state index >= 15 is 0 Å². The first kappa shape index (κ1) is 17.2. The summed E-state index contributed by atoms with van der Waals surface area (Å²) in [7, 11) is -3.24. The minimum atomic E-state index is -3.24. The average molecular weight is 358 g/mol. The highest BCUT2D eigenvalue weighted by molar-refractivity contribution is 7.90. The molecule has 0 bridgehead atoms. The molecule has 0 atom stereocenters. The summed E-state index contributed by atoms with van der Waals surface area (Å²) < 4.78 is 33.9. The second-order valence-corrected chi connectivity index (χ2v) is 7.82. The molecule has 2 aromatic carbocycles. The van der Waals surface area contributed by atoms with Crippen LogP contribution in [0.25, 0.3) is 11.0 Å². The summed E-state index contributed by atoms with van der Waals surface area (Å²) >= 11 is 0. The van der Waals surface area contributed by atoms with Crippen LogP contribution in [0.2, 0.25) is 0 Å². The molecule has 0 aliphatic heterocycles. The van der Waals surface area contributed by atoms with Gasteiger partial charge in [0.05, 0.1) is 4.90 Å². The van der Waals surface area contributed by atoms with Gasteiger partial charge < -0.3 is 9.15 Å². The Morgan fingerprint density at radius 3 is 2.40 bits per heavy atom. The van der Waals surface area contributed by atoms with Gasteiger partial charge >= 0.3 is 5.63 Å². The number of hydrogen-bond acceptors (Lipinski definition) is 5. The third-order valence-corrected chi connectivity index (χ3v) is 5.08. The van der Waals surface area contributed by atoms with Gasteiger partial charge in [-0.1, -0.05) is 19.1 Å². The maximum absolute atomic E-state index is 11.8. The summed E-state index contributed by atoms with van der Waals surface area (Å²) in [5.74, 6) is 0.527. The molecule has 3 aromatic rings. The van der Waals surface area contributed by atoms with Crippen LogP contribution in [0, 0.1) is 0 Å². The van der Waals surface area contributed by atoms with Crippen LogP contribution in [-0.4, -0.2) is 14.7 Å². The van der Waals surface area contributed by atoms with E-state index in [1.54, 1.807) is 12.1 Å². The Bertz CT molecular complexity index is 1060. The van der Waals surface area contributed by atoms with Crippen LogP contribution in [-0.2, 0) is 22.9 Å². The van der Waals surface area contributed by atoms with Gasteiger partial charge in [-0.2, -0.15) is 0 Å². The van der Waals surface area contributed by atoms with Gasteiger partial charge in [-0.3, -0.25) is 0 Å². The number of aryl methyl sites for hydroxylation is 1. The molecule has 0 saturated carbocycles. The molecule has 0 radical (unpaired) electrons. The quantitative estimate of drug-likeness (QED) is 0.654. The van der Waals surface area contributed by atoms with Crippen molar-refractivity contribution >= 4 is 20.8 Å². The van der Waals surface area contributed by atoms with Crippen molar-refractivity contribution in [2.24, 2.45) is 0 Å². The van der Waals surface area contributed by atoms with Crippen LogP contribution >= 0.6 is 0 Å². The number of hydrogen-bond donors (Lipinski definition) is 0. The van der Waals surface area contributed by atoms with Crippen molar-refractivity contribution in [1.82, 2.24) is 0 Å². The highest BCUT2D eigenvalue weighted by atomic mass is 32.2. The third kappa shape index (κ3) is 3.91. The number of benzene rings is 2. The monoisotopic (exact) mass is 358 g/mol. The normalized spacial score (nSPS) is 11.6. The van der Waals surface area contributed by atoms with Crippen molar-refractivity contribution in [3.8, 4) is 5.75 Å². The highest BCUT2D eigenvalue weighted by Crippen LogP contribution is 2.22. The molecule has 1 aromatic heterocycles. The second kappa shape index (κ2) is 6.72. The lowest BCUT2D eigenvalue weighted by Crippen LogP contribution is -2.04. The molecule has 25 heavy (non-hydrogen) atoms. The standard InChI is InChI=1S/C19H18O5S/c1-3-13-4-9-17-14(11-19(20)24-18(17)10-13)12-23-15-5-7-16(8-6-15)25(2,21)22/h4-11H,3,12H2,1-2H3. The first-order valence-electron chi connectivity index (χ1n) is 7.85. The summed E-state index contributed by atoms with van der Waals surface area (Å²) in [5.41, 5.74) is 1.93. The van der Waals surface area contributed by atoms with E-state index in [0.717, 1.165) is 29.2 Å².